The van der Waals surface area contributed by atoms with Crippen molar-refractivity contribution in [2.24, 2.45) is 5.92 Å². The molecule has 0 bridgehead atoms. The molecular weight excluding hydrogens is 432 g/mol. The zero-order valence-corrected chi connectivity index (χ0v) is 18.3. The number of carbonyl (C=O) groups is 3. The van der Waals surface area contributed by atoms with Crippen LogP contribution < -0.4 is 9.64 Å². The Kier molecular flexibility index (Phi) is 5.51. The van der Waals surface area contributed by atoms with E-state index >= 15 is 0 Å². The average Bonchev–Trinajstić information content (AvgIpc) is 3.52. The summed E-state index contributed by atoms with van der Waals surface area (Å²) in [4.78, 5) is 45.3. The molecule has 2 atom stereocenters. The molecule has 7 nitrogen and oxygen atoms in total. The number of hydrogen-bond donors (Lipinski definition) is 0. The number of methoxy groups -OCH3 is 1. The molecule has 7 heteroatoms. The number of rotatable bonds is 6. The summed E-state index contributed by atoms with van der Waals surface area (Å²) < 4.78 is 10.5. The fourth-order valence-corrected chi connectivity index (χ4v) is 4.28. The Bertz CT molecular complexity index is 1330. The normalized spacial score (nSPS) is 17.7. The number of oxazole rings is 1. The lowest BCUT2D eigenvalue weighted by Crippen LogP contribution is -2.30. The summed E-state index contributed by atoms with van der Waals surface area (Å²) in [5, 5.41) is 0. The number of nitrogens with zero attached hydrogens (tertiary/aromatic N) is 2. The van der Waals surface area contributed by atoms with Crippen molar-refractivity contribution in [3.63, 3.8) is 0 Å². The van der Waals surface area contributed by atoms with E-state index in [1.54, 1.807) is 54.7 Å². The summed E-state index contributed by atoms with van der Waals surface area (Å²) in [6.07, 6.45) is 2.93. The molecule has 3 aromatic carbocycles. The van der Waals surface area contributed by atoms with Gasteiger partial charge in [0.1, 0.15) is 11.7 Å². The van der Waals surface area contributed by atoms with Crippen LogP contribution >= 0.6 is 0 Å². The van der Waals surface area contributed by atoms with E-state index in [2.05, 4.69) is 4.98 Å². The van der Waals surface area contributed by atoms with Crippen molar-refractivity contribution < 1.29 is 23.5 Å². The molecule has 0 aliphatic carbocycles. The molecule has 168 valence electrons. The second-order valence-electron chi connectivity index (χ2n) is 7.88. The second-order valence-corrected chi connectivity index (χ2v) is 7.88. The summed E-state index contributed by atoms with van der Waals surface area (Å²) in [5.74, 6) is -1.84. The summed E-state index contributed by atoms with van der Waals surface area (Å²) in [7, 11) is 1.53. The van der Waals surface area contributed by atoms with Gasteiger partial charge in [0.2, 0.25) is 5.78 Å². The second kappa shape index (κ2) is 8.78. The molecule has 5 rings (SSSR count). The molecule has 2 unspecified atom stereocenters. The minimum atomic E-state index is -1.17. The fraction of sp³-hybridized carbons (Fsp3) is 0.111. The SMILES string of the molecule is COc1ccc(C(=O)C2C(=O)C(=O)N(c3ccc(-c4cnco4)cc3)C2c2ccccc2)cc1. The first-order valence-electron chi connectivity index (χ1n) is 10.7. The molecule has 1 amide bonds. The Balaban J connectivity index is 1.56. The highest BCUT2D eigenvalue weighted by Crippen LogP contribution is 2.41. The van der Waals surface area contributed by atoms with Crippen molar-refractivity contribution in [2.75, 3.05) is 12.0 Å². The van der Waals surface area contributed by atoms with Gasteiger partial charge in [-0.3, -0.25) is 19.3 Å². The summed E-state index contributed by atoms with van der Waals surface area (Å²) >= 11 is 0. The van der Waals surface area contributed by atoms with Gasteiger partial charge in [-0.15, -0.1) is 0 Å². The molecule has 1 aliphatic rings. The lowest BCUT2D eigenvalue weighted by atomic mass is 9.86. The number of hydrogen-bond acceptors (Lipinski definition) is 6. The van der Waals surface area contributed by atoms with Crippen molar-refractivity contribution in [2.45, 2.75) is 6.04 Å². The van der Waals surface area contributed by atoms with Gasteiger partial charge >= 0.3 is 0 Å². The quantitative estimate of drug-likeness (QED) is 0.243. The van der Waals surface area contributed by atoms with E-state index in [1.165, 1.54) is 18.4 Å². The van der Waals surface area contributed by atoms with Crippen LogP contribution in [0.4, 0.5) is 5.69 Å². The average molecular weight is 452 g/mol. The van der Waals surface area contributed by atoms with Crippen molar-refractivity contribution in [1.29, 1.82) is 0 Å². The maximum Gasteiger partial charge on any atom is 0.295 e. The molecule has 1 saturated heterocycles. The van der Waals surface area contributed by atoms with E-state index < -0.39 is 29.4 Å². The Labute approximate surface area is 195 Å². The highest BCUT2D eigenvalue weighted by molar-refractivity contribution is 6.49. The van der Waals surface area contributed by atoms with Crippen LogP contribution in [0.25, 0.3) is 11.3 Å². The van der Waals surface area contributed by atoms with Crippen molar-refractivity contribution in [1.82, 2.24) is 4.98 Å². The maximum atomic E-state index is 13.5. The Morgan fingerprint density at radius 3 is 2.26 bits per heavy atom. The third-order valence-electron chi connectivity index (χ3n) is 5.97. The van der Waals surface area contributed by atoms with E-state index in [0.717, 1.165) is 5.56 Å². The minimum absolute atomic E-state index is 0.343. The molecule has 34 heavy (non-hydrogen) atoms. The zero-order chi connectivity index (χ0) is 23.7. The number of carbonyl (C=O) groups excluding carboxylic acids is 3. The van der Waals surface area contributed by atoms with Gasteiger partial charge in [-0.25, -0.2) is 4.98 Å². The number of ketones is 2. The summed E-state index contributed by atoms with van der Waals surface area (Å²) in [6, 6.07) is 21.9. The van der Waals surface area contributed by atoms with Gasteiger partial charge in [0.25, 0.3) is 5.91 Å². The smallest absolute Gasteiger partial charge is 0.295 e. The Morgan fingerprint density at radius 2 is 1.65 bits per heavy atom. The molecule has 1 aromatic heterocycles. The van der Waals surface area contributed by atoms with Crippen LogP contribution in [-0.2, 0) is 9.59 Å². The summed E-state index contributed by atoms with van der Waals surface area (Å²) in [6.45, 7) is 0. The number of anilines is 1. The predicted molar refractivity (Wildman–Crippen MR) is 124 cm³/mol. The molecule has 4 aromatic rings. The molecule has 2 heterocycles. The lowest BCUT2D eigenvalue weighted by Gasteiger charge is -2.27. The van der Waals surface area contributed by atoms with Gasteiger partial charge in [0.15, 0.2) is 17.9 Å². The lowest BCUT2D eigenvalue weighted by molar-refractivity contribution is -0.135. The number of amides is 1. The predicted octanol–water partition coefficient (Wildman–Crippen LogP) is 4.51. The molecule has 0 radical (unpaired) electrons. The fourth-order valence-electron chi connectivity index (χ4n) is 4.28. The number of Topliss-reactive ketones (excluding diaryl/α,β-unsaturated/α-hetero) is 2. The first kappa shape index (κ1) is 21.3. The Hall–Kier alpha value is -4.52. The van der Waals surface area contributed by atoms with Gasteiger partial charge in [-0.2, -0.15) is 0 Å². The van der Waals surface area contributed by atoms with E-state index in [4.69, 9.17) is 9.15 Å². The highest BCUT2D eigenvalue weighted by atomic mass is 16.5. The van der Waals surface area contributed by atoms with E-state index in [1.807, 2.05) is 30.3 Å². The van der Waals surface area contributed by atoms with Crippen LogP contribution in [0, 0.1) is 5.92 Å². The minimum Gasteiger partial charge on any atom is -0.497 e. The number of ether oxygens (including phenoxy) is 1. The molecular formula is C27H20N2O5. The zero-order valence-electron chi connectivity index (χ0n) is 18.3. The van der Waals surface area contributed by atoms with Crippen LogP contribution in [0.15, 0.2) is 95.9 Å². The third-order valence-corrected chi connectivity index (χ3v) is 5.97. The molecule has 1 fully saturated rings. The van der Waals surface area contributed by atoms with Crippen LogP contribution in [0.3, 0.4) is 0 Å². The maximum absolute atomic E-state index is 13.5. The van der Waals surface area contributed by atoms with Crippen LogP contribution in [0.2, 0.25) is 0 Å². The molecule has 1 aliphatic heterocycles. The highest BCUT2D eigenvalue weighted by Gasteiger charge is 2.52. The van der Waals surface area contributed by atoms with Crippen molar-refractivity contribution in [3.05, 3.63) is 103 Å². The van der Waals surface area contributed by atoms with Crippen molar-refractivity contribution >= 4 is 23.2 Å². The van der Waals surface area contributed by atoms with Gasteiger partial charge in [-0.05, 0) is 54.1 Å². The van der Waals surface area contributed by atoms with E-state index in [-0.39, 0.29) is 0 Å². The number of aromatic nitrogens is 1. The molecule has 0 spiro atoms. The standard InChI is InChI=1S/C27H20N2O5/c1-33-21-13-9-19(10-14-21)25(30)23-24(18-5-3-2-4-6-18)29(27(32)26(23)31)20-11-7-17(8-12-20)22-15-28-16-34-22/h2-16,23-24H,1H3. The monoisotopic (exact) mass is 452 g/mol. The van der Waals surface area contributed by atoms with Gasteiger partial charge in [0, 0.05) is 16.8 Å². The van der Waals surface area contributed by atoms with E-state index in [0.29, 0.717) is 28.3 Å². The largest absolute Gasteiger partial charge is 0.497 e. The first-order valence-corrected chi connectivity index (χ1v) is 10.7. The topological polar surface area (TPSA) is 89.7 Å². The molecule has 0 N–H and O–H groups in total. The van der Waals surface area contributed by atoms with Gasteiger partial charge < -0.3 is 9.15 Å². The summed E-state index contributed by atoms with van der Waals surface area (Å²) in [5.41, 5.74) is 2.34. The molecule has 0 saturated carbocycles. The first-order chi connectivity index (χ1) is 16.6. The third kappa shape index (κ3) is 3.67. The van der Waals surface area contributed by atoms with Gasteiger partial charge in [-0.1, -0.05) is 30.3 Å². The van der Waals surface area contributed by atoms with Crippen LogP contribution in [0.1, 0.15) is 22.0 Å². The van der Waals surface area contributed by atoms with Crippen LogP contribution in [0.5, 0.6) is 5.75 Å². The van der Waals surface area contributed by atoms with Crippen LogP contribution in [-0.4, -0.2) is 29.6 Å². The van der Waals surface area contributed by atoms with E-state index in [9.17, 15) is 14.4 Å². The van der Waals surface area contributed by atoms with Crippen molar-refractivity contribution in [3.8, 4) is 17.1 Å². The Morgan fingerprint density at radius 1 is 0.941 bits per heavy atom. The van der Waals surface area contributed by atoms with Gasteiger partial charge in [0.05, 0.1) is 19.3 Å². The number of benzene rings is 3.